The van der Waals surface area contributed by atoms with E-state index < -0.39 is 9.84 Å². The van der Waals surface area contributed by atoms with Gasteiger partial charge in [-0.15, -0.1) is 0 Å². The number of nitrogens with zero attached hydrogens (tertiary/aromatic N) is 1. The highest BCUT2D eigenvalue weighted by molar-refractivity contribution is 8.01. The van der Waals surface area contributed by atoms with Crippen LogP contribution in [0.4, 0.5) is 0 Å². The fourth-order valence-corrected chi connectivity index (χ4v) is 6.57. The molecule has 1 aliphatic heterocycles. The lowest BCUT2D eigenvalue weighted by atomic mass is 9.90. The van der Waals surface area contributed by atoms with Crippen LogP contribution in [0.5, 0.6) is 0 Å². The molecule has 0 spiro atoms. The van der Waals surface area contributed by atoms with E-state index in [1.165, 1.54) is 19.3 Å². The number of hydrogen-bond acceptors (Lipinski definition) is 5. The largest absolute Gasteiger partial charge is 0.314 e. The van der Waals surface area contributed by atoms with Crippen molar-refractivity contribution < 1.29 is 8.42 Å². The Morgan fingerprint density at radius 2 is 1.90 bits per heavy atom. The molecule has 1 unspecified atom stereocenters. The van der Waals surface area contributed by atoms with Crippen molar-refractivity contribution in [3.63, 3.8) is 0 Å². The highest BCUT2D eigenvalue weighted by Crippen LogP contribution is 2.30. The third kappa shape index (κ3) is 4.60. The van der Waals surface area contributed by atoms with Crippen LogP contribution in [0, 0.1) is 0 Å². The molecule has 21 heavy (non-hydrogen) atoms. The number of thioether (sulfide) groups is 1. The zero-order valence-corrected chi connectivity index (χ0v) is 15.0. The maximum Gasteiger partial charge on any atom is 0.166 e. The second kappa shape index (κ2) is 8.18. The maximum absolute atomic E-state index is 12.3. The van der Waals surface area contributed by atoms with Crippen molar-refractivity contribution in [3.05, 3.63) is 0 Å². The van der Waals surface area contributed by atoms with Gasteiger partial charge in [0.15, 0.2) is 9.84 Å². The van der Waals surface area contributed by atoms with Crippen molar-refractivity contribution in [1.29, 1.82) is 0 Å². The van der Waals surface area contributed by atoms with Crippen LogP contribution in [0.25, 0.3) is 0 Å². The Labute approximate surface area is 134 Å². The van der Waals surface area contributed by atoms with Crippen LogP contribution in [-0.2, 0) is 9.84 Å². The summed E-state index contributed by atoms with van der Waals surface area (Å²) in [5.74, 6) is 2.09. The molecular weight excluding hydrogens is 304 g/mol. The molecule has 0 bridgehead atoms. The van der Waals surface area contributed by atoms with Gasteiger partial charge in [0.05, 0.1) is 0 Å². The highest BCUT2D eigenvalue weighted by Gasteiger charge is 2.37. The standard InChI is InChI=1S/C15H30N2O2S2/c1-3-9-16-13-5-7-14(8-6-13)17-10-11-20-12-15(17)21(18,19)4-2/h13-16H,3-12H2,1-2H3. The number of sulfone groups is 1. The Kier molecular flexibility index (Phi) is 6.84. The van der Waals surface area contributed by atoms with Crippen molar-refractivity contribution in [1.82, 2.24) is 10.2 Å². The lowest BCUT2D eigenvalue weighted by molar-refractivity contribution is 0.140. The second-order valence-corrected chi connectivity index (χ2v) is 9.78. The van der Waals surface area contributed by atoms with Gasteiger partial charge in [0.1, 0.15) is 5.37 Å². The minimum absolute atomic E-state index is 0.244. The summed E-state index contributed by atoms with van der Waals surface area (Å²) in [4.78, 5) is 2.31. The van der Waals surface area contributed by atoms with E-state index in [9.17, 15) is 8.42 Å². The van der Waals surface area contributed by atoms with Gasteiger partial charge in [-0.05, 0) is 38.6 Å². The van der Waals surface area contributed by atoms with Crippen LogP contribution in [0.2, 0.25) is 0 Å². The molecule has 4 nitrogen and oxygen atoms in total. The van der Waals surface area contributed by atoms with E-state index in [1.54, 1.807) is 18.7 Å². The SMILES string of the molecule is CCCNC1CCC(N2CCSCC2S(=O)(=O)CC)CC1. The zero-order valence-electron chi connectivity index (χ0n) is 13.4. The molecule has 1 heterocycles. The summed E-state index contributed by atoms with van der Waals surface area (Å²) in [7, 11) is -2.96. The van der Waals surface area contributed by atoms with Crippen LogP contribution >= 0.6 is 11.8 Å². The van der Waals surface area contributed by atoms with E-state index in [4.69, 9.17) is 0 Å². The summed E-state index contributed by atoms with van der Waals surface area (Å²) in [5, 5.41) is 3.36. The van der Waals surface area contributed by atoms with Gasteiger partial charge in [0, 0.05) is 35.9 Å². The molecule has 0 aromatic carbocycles. The monoisotopic (exact) mass is 334 g/mol. The summed E-state index contributed by atoms with van der Waals surface area (Å²) in [5.41, 5.74) is 0. The first kappa shape index (κ1) is 17.6. The topological polar surface area (TPSA) is 49.4 Å². The molecule has 1 N–H and O–H groups in total. The van der Waals surface area contributed by atoms with Crippen molar-refractivity contribution in [2.75, 3.05) is 30.3 Å². The molecule has 1 aliphatic carbocycles. The minimum Gasteiger partial charge on any atom is -0.314 e. The molecule has 124 valence electrons. The fourth-order valence-electron chi connectivity index (χ4n) is 3.47. The zero-order chi connectivity index (χ0) is 15.3. The summed E-state index contributed by atoms with van der Waals surface area (Å²) in [6.45, 7) is 6.01. The van der Waals surface area contributed by atoms with Gasteiger partial charge in [-0.2, -0.15) is 11.8 Å². The van der Waals surface area contributed by atoms with Gasteiger partial charge in [0.25, 0.3) is 0 Å². The van der Waals surface area contributed by atoms with E-state index in [0.717, 1.165) is 37.4 Å². The Hall–Kier alpha value is 0.220. The minimum atomic E-state index is -2.96. The first-order chi connectivity index (χ1) is 10.1. The van der Waals surface area contributed by atoms with Crippen molar-refractivity contribution in [2.45, 2.75) is 63.4 Å². The number of hydrogen-bond donors (Lipinski definition) is 1. The third-order valence-electron chi connectivity index (χ3n) is 4.79. The molecule has 0 aromatic heterocycles. The normalized spacial score (nSPS) is 32.2. The molecule has 2 fully saturated rings. The van der Waals surface area contributed by atoms with Crippen LogP contribution < -0.4 is 5.32 Å². The van der Waals surface area contributed by atoms with E-state index in [1.807, 2.05) is 0 Å². The van der Waals surface area contributed by atoms with Crippen LogP contribution in [-0.4, -0.2) is 61.1 Å². The Morgan fingerprint density at radius 3 is 2.52 bits per heavy atom. The van der Waals surface area contributed by atoms with E-state index >= 15 is 0 Å². The molecule has 1 atom stereocenters. The molecule has 6 heteroatoms. The van der Waals surface area contributed by atoms with Gasteiger partial charge < -0.3 is 5.32 Å². The smallest absolute Gasteiger partial charge is 0.166 e. The molecular formula is C15H30N2O2S2. The van der Waals surface area contributed by atoms with E-state index in [0.29, 0.717) is 12.1 Å². The van der Waals surface area contributed by atoms with Gasteiger partial charge >= 0.3 is 0 Å². The van der Waals surface area contributed by atoms with Crippen molar-refractivity contribution >= 4 is 21.6 Å². The average Bonchev–Trinajstić information content (AvgIpc) is 2.53. The second-order valence-electron chi connectivity index (χ2n) is 6.18. The lowest BCUT2D eigenvalue weighted by Crippen LogP contribution is -2.54. The van der Waals surface area contributed by atoms with Crippen LogP contribution in [0.3, 0.4) is 0 Å². The summed E-state index contributed by atoms with van der Waals surface area (Å²) in [6, 6.07) is 1.11. The Balaban J connectivity index is 1.94. The van der Waals surface area contributed by atoms with E-state index in [2.05, 4.69) is 17.1 Å². The third-order valence-corrected chi connectivity index (χ3v) is 8.09. The van der Waals surface area contributed by atoms with E-state index in [-0.39, 0.29) is 11.1 Å². The van der Waals surface area contributed by atoms with Gasteiger partial charge in [0.2, 0.25) is 0 Å². The Bertz CT molecular complexity index is 406. The molecule has 0 radical (unpaired) electrons. The molecule has 1 saturated heterocycles. The molecule has 2 aliphatic rings. The average molecular weight is 335 g/mol. The summed E-state index contributed by atoms with van der Waals surface area (Å²) < 4.78 is 24.7. The number of nitrogens with one attached hydrogen (secondary N) is 1. The summed E-state index contributed by atoms with van der Waals surface area (Å²) >= 11 is 1.79. The maximum atomic E-state index is 12.3. The van der Waals surface area contributed by atoms with Gasteiger partial charge in [-0.25, -0.2) is 8.42 Å². The fraction of sp³-hybridized carbons (Fsp3) is 1.00. The lowest BCUT2D eigenvalue weighted by Gasteiger charge is -2.43. The van der Waals surface area contributed by atoms with Crippen LogP contribution in [0.15, 0.2) is 0 Å². The molecule has 1 saturated carbocycles. The predicted molar refractivity (Wildman–Crippen MR) is 91.6 cm³/mol. The van der Waals surface area contributed by atoms with Gasteiger partial charge in [-0.3, -0.25) is 4.90 Å². The molecule has 0 amide bonds. The van der Waals surface area contributed by atoms with Gasteiger partial charge in [-0.1, -0.05) is 13.8 Å². The summed E-state index contributed by atoms with van der Waals surface area (Å²) in [6.07, 6.45) is 5.84. The molecule has 0 aromatic rings. The quantitative estimate of drug-likeness (QED) is 0.806. The Morgan fingerprint density at radius 1 is 1.19 bits per heavy atom. The van der Waals surface area contributed by atoms with Crippen molar-refractivity contribution in [2.24, 2.45) is 0 Å². The van der Waals surface area contributed by atoms with Crippen LogP contribution in [0.1, 0.15) is 46.0 Å². The number of rotatable bonds is 6. The molecule has 2 rings (SSSR count). The first-order valence-electron chi connectivity index (χ1n) is 8.37. The highest BCUT2D eigenvalue weighted by atomic mass is 32.2. The first-order valence-corrected chi connectivity index (χ1v) is 11.2. The predicted octanol–water partition coefficient (Wildman–Crippen LogP) is 2.11. The van der Waals surface area contributed by atoms with Crippen molar-refractivity contribution in [3.8, 4) is 0 Å².